The first-order valence-corrected chi connectivity index (χ1v) is 6.52. The molecule has 90 valence electrons. The molecule has 0 radical (unpaired) electrons. The molecule has 0 aliphatic rings. The van der Waals surface area contributed by atoms with Crippen LogP contribution in [-0.4, -0.2) is 11.4 Å². The molecule has 1 atom stereocenters. The number of hydrogen-bond donors (Lipinski definition) is 1. The highest BCUT2D eigenvalue weighted by molar-refractivity contribution is 9.09. The summed E-state index contributed by atoms with van der Waals surface area (Å²) in [5.74, 6) is -1.58. The summed E-state index contributed by atoms with van der Waals surface area (Å²) in [5.41, 5.74) is 0.770. The van der Waals surface area contributed by atoms with Crippen LogP contribution in [0.2, 0.25) is 0 Å². The van der Waals surface area contributed by atoms with Gasteiger partial charge in [0.1, 0.15) is 0 Å². The lowest BCUT2D eigenvalue weighted by molar-refractivity contribution is 0.481. The first-order valence-electron chi connectivity index (χ1n) is 5.40. The van der Waals surface area contributed by atoms with E-state index in [9.17, 15) is 8.78 Å². The number of halogens is 3. The predicted octanol–water partition coefficient (Wildman–Crippen LogP) is 3.62. The lowest BCUT2D eigenvalue weighted by Gasteiger charge is -2.15. The number of alkyl halides is 1. The maximum atomic E-state index is 12.9. The maximum absolute atomic E-state index is 12.9. The Balaban J connectivity index is 2.50. The summed E-state index contributed by atoms with van der Waals surface area (Å²) in [6.07, 6.45) is 2.05. The second-order valence-electron chi connectivity index (χ2n) is 3.71. The second kappa shape index (κ2) is 6.97. The van der Waals surface area contributed by atoms with Gasteiger partial charge < -0.3 is 5.32 Å². The van der Waals surface area contributed by atoms with Gasteiger partial charge in [0.05, 0.1) is 0 Å². The summed E-state index contributed by atoms with van der Waals surface area (Å²) in [6, 6.07) is 4.42. The number of hydrogen-bond acceptors (Lipinski definition) is 1. The average molecular weight is 292 g/mol. The molecule has 1 N–H and O–H groups in total. The van der Waals surface area contributed by atoms with Crippen LogP contribution < -0.4 is 5.32 Å². The van der Waals surface area contributed by atoms with E-state index < -0.39 is 11.6 Å². The van der Waals surface area contributed by atoms with Gasteiger partial charge in [0, 0.05) is 17.9 Å². The topological polar surface area (TPSA) is 12.0 Å². The molecule has 0 aromatic heterocycles. The maximum Gasteiger partial charge on any atom is 0.159 e. The van der Waals surface area contributed by atoms with Crippen molar-refractivity contribution in [1.29, 1.82) is 0 Å². The summed E-state index contributed by atoms with van der Waals surface area (Å²) < 4.78 is 25.6. The summed E-state index contributed by atoms with van der Waals surface area (Å²) >= 11 is 3.39. The third-order valence-electron chi connectivity index (χ3n) is 2.53. The SMILES string of the molecule is CCC(CCBr)NCc1ccc(F)c(F)c1. The number of rotatable bonds is 6. The number of nitrogens with one attached hydrogen (secondary N) is 1. The molecule has 0 fully saturated rings. The fourth-order valence-corrected chi connectivity index (χ4v) is 2.05. The Morgan fingerprint density at radius 2 is 2.06 bits per heavy atom. The molecule has 0 aliphatic carbocycles. The Bertz CT molecular complexity index is 331. The minimum Gasteiger partial charge on any atom is -0.310 e. The van der Waals surface area contributed by atoms with E-state index in [0.29, 0.717) is 12.6 Å². The highest BCUT2D eigenvalue weighted by Gasteiger charge is 2.06. The van der Waals surface area contributed by atoms with Crippen molar-refractivity contribution in [2.45, 2.75) is 32.4 Å². The zero-order valence-electron chi connectivity index (χ0n) is 9.27. The summed E-state index contributed by atoms with van der Waals surface area (Å²) in [5, 5.41) is 4.25. The van der Waals surface area contributed by atoms with Gasteiger partial charge in [-0.25, -0.2) is 8.78 Å². The molecule has 16 heavy (non-hydrogen) atoms. The Morgan fingerprint density at radius 1 is 1.31 bits per heavy atom. The first-order chi connectivity index (χ1) is 7.67. The molecule has 0 saturated heterocycles. The van der Waals surface area contributed by atoms with Gasteiger partial charge in [0.15, 0.2) is 11.6 Å². The van der Waals surface area contributed by atoms with Gasteiger partial charge in [-0.05, 0) is 30.5 Å². The van der Waals surface area contributed by atoms with Gasteiger partial charge in [0.2, 0.25) is 0 Å². The molecule has 0 amide bonds. The van der Waals surface area contributed by atoms with Crippen LogP contribution in [0.3, 0.4) is 0 Å². The smallest absolute Gasteiger partial charge is 0.159 e. The third kappa shape index (κ3) is 4.18. The van der Waals surface area contributed by atoms with E-state index >= 15 is 0 Å². The normalized spacial score (nSPS) is 12.8. The molecule has 0 bridgehead atoms. The summed E-state index contributed by atoms with van der Waals surface area (Å²) in [4.78, 5) is 0. The van der Waals surface area contributed by atoms with Crippen molar-refractivity contribution in [1.82, 2.24) is 5.32 Å². The van der Waals surface area contributed by atoms with Crippen LogP contribution in [0.4, 0.5) is 8.78 Å². The standard InChI is InChI=1S/C12H16BrF2N/c1-2-10(5-6-13)16-8-9-3-4-11(14)12(15)7-9/h3-4,7,10,16H,2,5-6,8H2,1H3. The lowest BCUT2D eigenvalue weighted by Crippen LogP contribution is -2.28. The molecule has 0 saturated carbocycles. The molecule has 1 rings (SSSR count). The summed E-state index contributed by atoms with van der Waals surface area (Å²) in [6.45, 7) is 2.67. The Labute approximate surface area is 103 Å². The van der Waals surface area contributed by atoms with E-state index in [1.165, 1.54) is 6.07 Å². The monoisotopic (exact) mass is 291 g/mol. The van der Waals surface area contributed by atoms with Crippen molar-refractivity contribution < 1.29 is 8.78 Å². The van der Waals surface area contributed by atoms with Gasteiger partial charge in [-0.3, -0.25) is 0 Å². The van der Waals surface area contributed by atoms with Crippen LogP contribution in [0.5, 0.6) is 0 Å². The first kappa shape index (κ1) is 13.6. The van der Waals surface area contributed by atoms with Gasteiger partial charge in [-0.1, -0.05) is 28.9 Å². The Hall–Kier alpha value is -0.480. The number of benzene rings is 1. The highest BCUT2D eigenvalue weighted by atomic mass is 79.9. The van der Waals surface area contributed by atoms with E-state index in [-0.39, 0.29) is 0 Å². The fraction of sp³-hybridized carbons (Fsp3) is 0.500. The van der Waals surface area contributed by atoms with Gasteiger partial charge >= 0.3 is 0 Å². The van der Waals surface area contributed by atoms with E-state index in [0.717, 1.165) is 29.8 Å². The molecule has 1 aromatic rings. The largest absolute Gasteiger partial charge is 0.310 e. The van der Waals surface area contributed by atoms with E-state index in [2.05, 4.69) is 28.2 Å². The van der Waals surface area contributed by atoms with E-state index in [1.807, 2.05) is 0 Å². The second-order valence-corrected chi connectivity index (χ2v) is 4.51. The van der Waals surface area contributed by atoms with Gasteiger partial charge in [0.25, 0.3) is 0 Å². The van der Waals surface area contributed by atoms with Crippen LogP contribution in [0.15, 0.2) is 18.2 Å². The van der Waals surface area contributed by atoms with E-state index in [4.69, 9.17) is 0 Å². The van der Waals surface area contributed by atoms with E-state index in [1.54, 1.807) is 6.07 Å². The highest BCUT2D eigenvalue weighted by Crippen LogP contribution is 2.09. The van der Waals surface area contributed by atoms with Crippen molar-refractivity contribution in [3.05, 3.63) is 35.4 Å². The minimum absolute atomic E-state index is 0.410. The quantitative estimate of drug-likeness (QED) is 0.790. The zero-order chi connectivity index (χ0) is 12.0. The van der Waals surface area contributed by atoms with Crippen LogP contribution in [0.1, 0.15) is 25.3 Å². The Kier molecular flexibility index (Phi) is 5.91. The van der Waals surface area contributed by atoms with Crippen molar-refractivity contribution in [3.8, 4) is 0 Å². The Morgan fingerprint density at radius 3 is 2.62 bits per heavy atom. The molecular formula is C12H16BrF2N. The fourth-order valence-electron chi connectivity index (χ4n) is 1.49. The van der Waals surface area contributed by atoms with Crippen molar-refractivity contribution in [2.75, 3.05) is 5.33 Å². The molecule has 4 heteroatoms. The average Bonchev–Trinajstić information content (AvgIpc) is 2.28. The molecular weight excluding hydrogens is 276 g/mol. The molecule has 0 spiro atoms. The van der Waals surface area contributed by atoms with Crippen molar-refractivity contribution in [2.24, 2.45) is 0 Å². The summed E-state index contributed by atoms with van der Waals surface area (Å²) in [7, 11) is 0. The van der Waals surface area contributed by atoms with Gasteiger partial charge in [-0.2, -0.15) is 0 Å². The van der Waals surface area contributed by atoms with Crippen LogP contribution in [0, 0.1) is 11.6 Å². The van der Waals surface area contributed by atoms with Crippen LogP contribution >= 0.6 is 15.9 Å². The molecule has 1 unspecified atom stereocenters. The molecule has 1 aromatic carbocycles. The van der Waals surface area contributed by atoms with Crippen molar-refractivity contribution >= 4 is 15.9 Å². The minimum atomic E-state index is -0.795. The van der Waals surface area contributed by atoms with Crippen molar-refractivity contribution in [3.63, 3.8) is 0 Å². The predicted molar refractivity (Wildman–Crippen MR) is 65.7 cm³/mol. The molecule has 0 heterocycles. The zero-order valence-corrected chi connectivity index (χ0v) is 10.9. The van der Waals surface area contributed by atoms with Crippen LogP contribution in [-0.2, 0) is 6.54 Å². The van der Waals surface area contributed by atoms with Gasteiger partial charge in [-0.15, -0.1) is 0 Å². The third-order valence-corrected chi connectivity index (χ3v) is 2.99. The molecule has 1 nitrogen and oxygen atoms in total. The molecule has 0 aliphatic heterocycles. The lowest BCUT2D eigenvalue weighted by atomic mass is 10.1. The van der Waals surface area contributed by atoms with Crippen LogP contribution in [0.25, 0.3) is 0 Å².